The van der Waals surface area contributed by atoms with Crippen molar-refractivity contribution in [3.8, 4) is 34.7 Å². The van der Waals surface area contributed by atoms with Gasteiger partial charge in [-0.15, -0.1) is 0 Å². The summed E-state index contributed by atoms with van der Waals surface area (Å²) in [5.74, 6) is -3.20. The molecule has 0 aliphatic rings. The van der Waals surface area contributed by atoms with Gasteiger partial charge in [0.1, 0.15) is 11.2 Å². The normalized spacial score (nSPS) is 18.7. The van der Waals surface area contributed by atoms with E-state index in [0.717, 1.165) is 18.3 Å². The van der Waals surface area contributed by atoms with Crippen LogP contribution < -0.4 is 0 Å². The van der Waals surface area contributed by atoms with Crippen LogP contribution in [-0.4, -0.2) is 33.2 Å². The lowest BCUT2D eigenvalue weighted by molar-refractivity contribution is 0.669. The Balaban J connectivity index is 1.27. The van der Waals surface area contributed by atoms with Crippen LogP contribution >= 0.6 is 0 Å². The van der Waals surface area contributed by atoms with E-state index in [1.54, 1.807) is 0 Å². The van der Waals surface area contributed by atoms with E-state index in [1.165, 1.54) is 24.3 Å². The van der Waals surface area contributed by atoms with E-state index in [2.05, 4.69) is 0 Å². The molecule has 16 aromatic rings. The Morgan fingerprint density at radius 1 is 0.324 bits per heavy atom. The molecule has 0 bridgehead atoms. The summed E-state index contributed by atoms with van der Waals surface area (Å²) in [7, 11) is 0. The monoisotopic (exact) mass is 941 g/mol. The molecular formula is C63H37N7O. The van der Waals surface area contributed by atoms with Crippen LogP contribution in [0.3, 0.4) is 0 Å². The Labute approximate surface area is 450 Å². The number of aromatic nitrogens is 7. The molecule has 6 aromatic heterocycles. The SMILES string of the molecule is [2H]c1c([2H])c(-n2c3ccccc3c3c([2H])c([2H])c([2H])c([2H])c32)c(-c2nc(-n3c4c([2H])c([2H])c([2H])c([2H])c4c4c([2H])c([2H])c([2H])c([2H])c43)nc(-n3c4c([2H])c([2H])c([2H])c([2H])c4c4c([2H])c([2H])c([2H])c([2H])c43)n2)c(-n2c3c([2H])c([2H])c([2H])c([2H])c3c3c([2H])c([2H])c4oc5c([2H])c([2H])c([2H])c([2H])c5c4c32)c1[2H]. The fraction of sp³-hybridized carbons (Fsp3) is 0. The van der Waals surface area contributed by atoms with E-state index >= 15 is 0 Å². The quantitative estimate of drug-likeness (QED) is 0.172. The van der Waals surface area contributed by atoms with E-state index in [9.17, 15) is 26.0 Å². The average Bonchev–Trinajstić information content (AvgIpc) is 1.52. The van der Waals surface area contributed by atoms with Crippen LogP contribution in [0.1, 0.15) is 45.2 Å². The van der Waals surface area contributed by atoms with Crippen molar-refractivity contribution in [3.05, 3.63) is 224 Å². The van der Waals surface area contributed by atoms with Crippen LogP contribution in [0.4, 0.5) is 0 Å². The van der Waals surface area contributed by atoms with Crippen LogP contribution in [0, 0.1) is 0 Å². The lowest BCUT2D eigenvalue weighted by atomic mass is 10.1. The number of hydrogen-bond donors (Lipinski definition) is 0. The van der Waals surface area contributed by atoms with Gasteiger partial charge in [0.05, 0.1) is 112 Å². The fourth-order valence-electron chi connectivity index (χ4n) is 9.57. The molecule has 0 aliphatic heterocycles. The van der Waals surface area contributed by atoms with Gasteiger partial charge in [-0.05, 0) is 72.5 Å². The molecular weight excluding hydrogens is 871 g/mol. The van der Waals surface area contributed by atoms with Gasteiger partial charge in [0, 0.05) is 48.5 Å². The Kier molecular flexibility index (Phi) is 3.76. The van der Waals surface area contributed by atoms with E-state index in [-0.39, 0.29) is 16.3 Å². The molecule has 0 fully saturated rings. The van der Waals surface area contributed by atoms with Crippen LogP contribution in [-0.2, 0) is 0 Å². The van der Waals surface area contributed by atoms with E-state index in [1.807, 2.05) is 0 Å². The zero-order valence-electron chi connectivity index (χ0n) is 68.3. The molecule has 10 aromatic carbocycles. The second-order valence-corrected chi connectivity index (χ2v) is 15.9. The molecule has 0 aliphatic carbocycles. The Morgan fingerprint density at radius 2 is 0.761 bits per heavy atom. The van der Waals surface area contributed by atoms with Crippen molar-refractivity contribution < 1.29 is 49.7 Å². The third kappa shape index (κ3) is 5.25. The van der Waals surface area contributed by atoms with E-state index in [4.69, 9.17) is 38.6 Å². The summed E-state index contributed by atoms with van der Waals surface area (Å²) >= 11 is 0. The lowest BCUT2D eigenvalue weighted by Gasteiger charge is -2.20. The first kappa shape index (κ1) is 18.6. The summed E-state index contributed by atoms with van der Waals surface area (Å²) in [6.07, 6.45) is 0. The number of furan rings is 1. The van der Waals surface area contributed by atoms with Crippen LogP contribution in [0.15, 0.2) is 228 Å². The molecule has 16 rings (SSSR count). The van der Waals surface area contributed by atoms with Gasteiger partial charge in [0.2, 0.25) is 11.9 Å². The average molecular weight is 941 g/mol. The second kappa shape index (κ2) is 14.4. The number of benzene rings is 10. The van der Waals surface area contributed by atoms with Gasteiger partial charge >= 0.3 is 0 Å². The third-order valence-corrected chi connectivity index (χ3v) is 12.4. The van der Waals surface area contributed by atoms with Crippen molar-refractivity contribution in [1.29, 1.82) is 0 Å². The number of nitrogens with zero attached hydrogens (tertiary/aromatic N) is 7. The standard InChI is InChI=1S/C63H37N7O/c1-9-26-47-38(18-1)39-19-2-10-27-48(39)67(47)54-33-17-34-55(68-49-28-11-7-24-44(49)45-36-37-57-58(60(45)68)46-25-8-16-35-56(46)71-57)59(54)61-64-62(69-50-29-12-3-20-40(50)41-21-4-13-30-51(41)69)66-63(65-61)70-52-31-14-5-22-42(52)43-23-6-15-32-53(43)70/h1-37H/i1D,3D,4D,5D,6D,7D,8D,9D,11D,12D,13D,14D,15D,16D,17D,18D,20D,21D,22D,23D,24D,25D,26D,28D,29D,30D,31D,32D,33D,34D,35D,36D,37D. The first-order chi connectivity index (χ1) is 49.0. The van der Waals surface area contributed by atoms with Crippen molar-refractivity contribution >= 4 is 109 Å². The molecule has 6 heterocycles. The molecule has 0 atom stereocenters. The zero-order chi connectivity index (χ0) is 75.0. The van der Waals surface area contributed by atoms with Crippen molar-refractivity contribution in [1.82, 2.24) is 33.2 Å². The molecule has 0 amide bonds. The van der Waals surface area contributed by atoms with Gasteiger partial charge in [-0.1, -0.05) is 151 Å². The van der Waals surface area contributed by atoms with Crippen LogP contribution in [0.25, 0.3) is 144 Å². The first-order valence-corrected chi connectivity index (χ1v) is 21.3. The van der Waals surface area contributed by atoms with Gasteiger partial charge in [-0.25, -0.2) is 0 Å². The minimum Gasteiger partial charge on any atom is -0.456 e. The van der Waals surface area contributed by atoms with Gasteiger partial charge in [0.15, 0.2) is 5.82 Å². The predicted molar refractivity (Wildman–Crippen MR) is 290 cm³/mol. The highest BCUT2D eigenvalue weighted by atomic mass is 16.3. The Bertz CT molecular complexity index is 6570. The molecule has 0 N–H and O–H groups in total. The summed E-state index contributed by atoms with van der Waals surface area (Å²) in [5, 5.41) is -5.00. The zero-order valence-corrected chi connectivity index (χ0v) is 35.3. The van der Waals surface area contributed by atoms with Gasteiger partial charge in [-0.2, -0.15) is 15.0 Å². The number of fused-ring (bicyclic) bond motifs is 16. The molecule has 71 heavy (non-hydrogen) atoms. The second-order valence-electron chi connectivity index (χ2n) is 15.9. The number of rotatable bonds is 5. The summed E-state index contributed by atoms with van der Waals surface area (Å²) in [6, 6.07) is -25.2. The van der Waals surface area contributed by atoms with Crippen LogP contribution in [0.5, 0.6) is 0 Å². The number of hydrogen-bond acceptors (Lipinski definition) is 4. The minimum absolute atomic E-state index is 0.00974. The van der Waals surface area contributed by atoms with Gasteiger partial charge in [0.25, 0.3) is 0 Å². The largest absolute Gasteiger partial charge is 0.456 e. The molecule has 0 radical (unpaired) electrons. The lowest BCUT2D eigenvalue weighted by Crippen LogP contribution is -2.12. The summed E-state index contributed by atoms with van der Waals surface area (Å²) < 4.78 is 319. The van der Waals surface area contributed by atoms with Gasteiger partial charge in [-0.3, -0.25) is 9.13 Å². The molecule has 330 valence electrons. The van der Waals surface area contributed by atoms with Crippen molar-refractivity contribution in [3.63, 3.8) is 0 Å². The number of para-hydroxylation sites is 8. The Hall–Kier alpha value is -9.79. The highest BCUT2D eigenvalue weighted by Gasteiger charge is 2.28. The highest BCUT2D eigenvalue weighted by molar-refractivity contribution is 6.25. The molecule has 8 heteroatoms. The summed E-state index contributed by atoms with van der Waals surface area (Å²) in [4.78, 5) is 14.8. The Morgan fingerprint density at radius 3 is 1.32 bits per heavy atom. The molecule has 8 nitrogen and oxygen atoms in total. The van der Waals surface area contributed by atoms with E-state index in [0.29, 0.717) is 0 Å². The van der Waals surface area contributed by atoms with Crippen molar-refractivity contribution in [2.24, 2.45) is 0 Å². The van der Waals surface area contributed by atoms with Crippen molar-refractivity contribution in [2.75, 3.05) is 0 Å². The maximum Gasteiger partial charge on any atom is 0.240 e. The molecule has 0 saturated carbocycles. The predicted octanol–water partition coefficient (Wildman–Crippen LogP) is 15.8. The summed E-state index contributed by atoms with van der Waals surface area (Å²) in [5.41, 5.74) is -8.99. The third-order valence-electron chi connectivity index (χ3n) is 12.4. The maximum atomic E-state index is 10.5. The first-order valence-electron chi connectivity index (χ1n) is 37.8. The van der Waals surface area contributed by atoms with Crippen molar-refractivity contribution in [2.45, 2.75) is 0 Å². The molecule has 0 saturated heterocycles. The highest BCUT2D eigenvalue weighted by Crippen LogP contribution is 2.45. The fourth-order valence-corrected chi connectivity index (χ4v) is 9.57. The molecule has 0 spiro atoms. The molecule has 0 unspecified atom stereocenters. The van der Waals surface area contributed by atoms with Gasteiger partial charge < -0.3 is 13.6 Å². The smallest absolute Gasteiger partial charge is 0.240 e. The van der Waals surface area contributed by atoms with E-state index < -0.39 is 327 Å². The topological polar surface area (TPSA) is 71.5 Å². The van der Waals surface area contributed by atoms with Crippen LogP contribution in [0.2, 0.25) is 0 Å². The minimum atomic E-state index is -1.18. The maximum absolute atomic E-state index is 10.5. The summed E-state index contributed by atoms with van der Waals surface area (Å²) in [6.45, 7) is 0.